The maximum Gasteiger partial charge on any atom is 0.266 e. The predicted molar refractivity (Wildman–Crippen MR) is 82.7 cm³/mol. The summed E-state index contributed by atoms with van der Waals surface area (Å²) in [6.07, 6.45) is 1.69. The van der Waals surface area contributed by atoms with Crippen molar-refractivity contribution in [3.05, 3.63) is 23.2 Å². The number of anilines is 1. The van der Waals surface area contributed by atoms with Gasteiger partial charge in [-0.2, -0.15) is 0 Å². The molecule has 21 heavy (non-hydrogen) atoms. The summed E-state index contributed by atoms with van der Waals surface area (Å²) in [7, 11) is 3.88. The van der Waals surface area contributed by atoms with Crippen LogP contribution >= 0.6 is 11.3 Å². The van der Waals surface area contributed by atoms with Gasteiger partial charge < -0.3 is 15.1 Å². The molecule has 0 radical (unpaired) electrons. The second-order valence-electron chi connectivity index (χ2n) is 5.24. The first kappa shape index (κ1) is 14.0. The number of nitrogens with zero attached hydrogens (tertiary/aromatic N) is 3. The van der Waals surface area contributed by atoms with Crippen LogP contribution in [0.25, 0.3) is 10.2 Å². The number of hydrogen-bond acceptors (Lipinski definition) is 5. The summed E-state index contributed by atoms with van der Waals surface area (Å²) >= 11 is 1.33. The van der Waals surface area contributed by atoms with Crippen molar-refractivity contribution < 1.29 is 9.59 Å². The highest BCUT2D eigenvalue weighted by Crippen LogP contribution is 2.36. The molecule has 110 valence electrons. The predicted octanol–water partition coefficient (Wildman–Crippen LogP) is 1.25. The Hall–Kier alpha value is -1.99. The van der Waals surface area contributed by atoms with Crippen molar-refractivity contribution in [3.8, 4) is 0 Å². The maximum absolute atomic E-state index is 12.7. The second-order valence-corrected chi connectivity index (χ2v) is 6.24. The van der Waals surface area contributed by atoms with Crippen molar-refractivity contribution in [1.82, 2.24) is 14.8 Å². The number of hydrogen-bond donors (Lipinski definition) is 1. The topological polar surface area (TPSA) is 65.5 Å². The number of fused-ring (bicyclic) bond motifs is 3. The molecule has 1 aliphatic rings. The van der Waals surface area contributed by atoms with Crippen molar-refractivity contribution in [2.75, 3.05) is 39.0 Å². The van der Waals surface area contributed by atoms with Crippen molar-refractivity contribution in [1.29, 1.82) is 0 Å². The Balaban J connectivity index is 2.01. The molecule has 2 aromatic rings. The molecule has 0 spiro atoms. The van der Waals surface area contributed by atoms with E-state index in [0.717, 1.165) is 16.8 Å². The Morgan fingerprint density at radius 2 is 2.24 bits per heavy atom. The van der Waals surface area contributed by atoms with Crippen LogP contribution in [0.15, 0.2) is 18.3 Å². The highest BCUT2D eigenvalue weighted by atomic mass is 32.1. The monoisotopic (exact) mass is 304 g/mol. The first-order chi connectivity index (χ1) is 10.1. The molecule has 0 fully saturated rings. The van der Waals surface area contributed by atoms with Crippen LogP contribution in [0.2, 0.25) is 0 Å². The Labute approximate surface area is 126 Å². The van der Waals surface area contributed by atoms with E-state index in [-0.39, 0.29) is 18.4 Å². The van der Waals surface area contributed by atoms with E-state index in [2.05, 4.69) is 10.3 Å². The normalized spacial score (nSPS) is 15.3. The summed E-state index contributed by atoms with van der Waals surface area (Å²) in [6, 6.07) is 3.68. The van der Waals surface area contributed by atoms with Gasteiger partial charge in [-0.3, -0.25) is 9.59 Å². The molecule has 0 unspecified atom stereocenters. The van der Waals surface area contributed by atoms with E-state index < -0.39 is 0 Å². The van der Waals surface area contributed by atoms with Gasteiger partial charge in [0.2, 0.25) is 5.91 Å². The van der Waals surface area contributed by atoms with Gasteiger partial charge in [-0.15, -0.1) is 11.3 Å². The highest BCUT2D eigenvalue weighted by Gasteiger charge is 2.29. The van der Waals surface area contributed by atoms with Crippen molar-refractivity contribution in [2.45, 2.75) is 0 Å². The number of amides is 2. The van der Waals surface area contributed by atoms with Crippen LogP contribution in [0, 0.1) is 0 Å². The lowest BCUT2D eigenvalue weighted by atomic mass is 10.2. The van der Waals surface area contributed by atoms with E-state index in [1.165, 1.54) is 11.3 Å². The van der Waals surface area contributed by atoms with Crippen LogP contribution in [0.3, 0.4) is 0 Å². The lowest BCUT2D eigenvalue weighted by Gasteiger charge is -2.21. The fourth-order valence-corrected chi connectivity index (χ4v) is 3.34. The van der Waals surface area contributed by atoms with E-state index in [9.17, 15) is 9.59 Å². The van der Waals surface area contributed by atoms with Gasteiger partial charge in [0.15, 0.2) is 0 Å². The zero-order valence-electron chi connectivity index (χ0n) is 11.9. The molecule has 7 heteroatoms. The summed E-state index contributed by atoms with van der Waals surface area (Å²) in [4.78, 5) is 33.9. The molecule has 0 saturated heterocycles. The molecule has 6 nitrogen and oxygen atoms in total. The number of rotatable bonds is 3. The van der Waals surface area contributed by atoms with Crippen LogP contribution in [0.5, 0.6) is 0 Å². The molecule has 1 aliphatic heterocycles. The third kappa shape index (κ3) is 2.62. The summed E-state index contributed by atoms with van der Waals surface area (Å²) in [6.45, 7) is 1.34. The second kappa shape index (κ2) is 5.42. The number of pyridine rings is 1. The number of nitrogens with one attached hydrogen (secondary N) is 1. The van der Waals surface area contributed by atoms with Gasteiger partial charge in [0, 0.05) is 24.7 Å². The summed E-state index contributed by atoms with van der Waals surface area (Å²) < 4.78 is 0. The summed E-state index contributed by atoms with van der Waals surface area (Å²) in [5, 5.41) is 3.68. The minimum Gasteiger partial charge on any atom is -0.327 e. The van der Waals surface area contributed by atoms with Gasteiger partial charge in [-0.05, 0) is 26.2 Å². The fourth-order valence-electron chi connectivity index (χ4n) is 2.28. The van der Waals surface area contributed by atoms with Crippen LogP contribution in [-0.4, -0.2) is 60.3 Å². The highest BCUT2D eigenvalue weighted by molar-refractivity contribution is 7.21. The van der Waals surface area contributed by atoms with E-state index in [0.29, 0.717) is 17.1 Å². The zero-order chi connectivity index (χ0) is 15.0. The SMILES string of the molecule is CN(C)CCN1CC(=O)Nc2c(sc3ncccc23)C1=O. The van der Waals surface area contributed by atoms with Gasteiger partial charge >= 0.3 is 0 Å². The van der Waals surface area contributed by atoms with Crippen molar-refractivity contribution >= 4 is 39.1 Å². The molecule has 0 bridgehead atoms. The fraction of sp³-hybridized carbons (Fsp3) is 0.357. The number of thiophene rings is 1. The van der Waals surface area contributed by atoms with E-state index in [1.54, 1.807) is 17.2 Å². The van der Waals surface area contributed by atoms with Gasteiger partial charge in [0.05, 0.1) is 5.69 Å². The molecule has 0 atom stereocenters. The minimum absolute atomic E-state index is 0.0931. The third-order valence-electron chi connectivity index (χ3n) is 3.36. The van der Waals surface area contributed by atoms with Crippen LogP contribution < -0.4 is 5.32 Å². The average Bonchev–Trinajstić information content (AvgIpc) is 2.76. The molecular weight excluding hydrogens is 288 g/mol. The first-order valence-electron chi connectivity index (χ1n) is 6.67. The smallest absolute Gasteiger partial charge is 0.266 e. The standard InChI is InChI=1S/C14H16N4O2S/c1-17(2)6-7-18-8-10(19)16-11-9-4-3-5-15-13(9)21-12(11)14(18)20/h3-5H,6-8H2,1-2H3,(H,16,19). The van der Waals surface area contributed by atoms with Crippen LogP contribution in [-0.2, 0) is 4.79 Å². The molecular formula is C14H16N4O2S. The summed E-state index contributed by atoms with van der Waals surface area (Å²) in [5.41, 5.74) is 0.602. The number of aromatic nitrogens is 1. The molecule has 3 rings (SSSR count). The quantitative estimate of drug-likeness (QED) is 0.927. The third-order valence-corrected chi connectivity index (χ3v) is 4.47. The molecule has 3 heterocycles. The van der Waals surface area contributed by atoms with E-state index in [1.807, 2.05) is 25.1 Å². The van der Waals surface area contributed by atoms with Gasteiger partial charge in [0.1, 0.15) is 16.3 Å². The number of carbonyl (C=O) groups is 2. The molecule has 0 saturated carbocycles. The van der Waals surface area contributed by atoms with Crippen LogP contribution in [0.1, 0.15) is 9.67 Å². The molecule has 2 amide bonds. The van der Waals surface area contributed by atoms with Gasteiger partial charge in [-0.25, -0.2) is 4.98 Å². The molecule has 1 N–H and O–H groups in total. The minimum atomic E-state index is -0.163. The lowest BCUT2D eigenvalue weighted by Crippen LogP contribution is -2.39. The van der Waals surface area contributed by atoms with Gasteiger partial charge in [0.25, 0.3) is 5.91 Å². The Bertz CT molecular complexity index is 710. The number of carbonyl (C=O) groups excluding carboxylic acids is 2. The largest absolute Gasteiger partial charge is 0.327 e. The zero-order valence-corrected chi connectivity index (χ0v) is 12.7. The Kier molecular flexibility index (Phi) is 3.60. The first-order valence-corrected chi connectivity index (χ1v) is 7.49. The summed E-state index contributed by atoms with van der Waals surface area (Å²) in [5.74, 6) is -0.266. The lowest BCUT2D eigenvalue weighted by molar-refractivity contribution is -0.116. The molecule has 0 aliphatic carbocycles. The van der Waals surface area contributed by atoms with Crippen LogP contribution in [0.4, 0.5) is 5.69 Å². The van der Waals surface area contributed by atoms with Crippen molar-refractivity contribution in [2.24, 2.45) is 0 Å². The van der Waals surface area contributed by atoms with E-state index >= 15 is 0 Å². The van der Waals surface area contributed by atoms with Crippen molar-refractivity contribution in [3.63, 3.8) is 0 Å². The molecule has 2 aromatic heterocycles. The molecule has 0 aromatic carbocycles. The maximum atomic E-state index is 12.7. The number of likely N-dealkylation sites (N-methyl/N-ethyl adjacent to an activating group) is 1. The average molecular weight is 304 g/mol. The van der Waals surface area contributed by atoms with Gasteiger partial charge in [-0.1, -0.05) is 0 Å². The van der Waals surface area contributed by atoms with E-state index in [4.69, 9.17) is 0 Å². The Morgan fingerprint density at radius 3 is 3.00 bits per heavy atom. The Morgan fingerprint density at radius 1 is 1.43 bits per heavy atom.